The predicted molar refractivity (Wildman–Crippen MR) is 66.5 cm³/mol. The number of hydrogen-bond donors (Lipinski definition) is 0. The fraction of sp³-hybridized carbons (Fsp3) is 0.429. The minimum absolute atomic E-state index is 0.475. The third kappa shape index (κ3) is 2.24. The van der Waals surface area contributed by atoms with Gasteiger partial charge in [0, 0.05) is 13.1 Å². The molecule has 1 fully saturated rings. The molecule has 1 atom stereocenters. The molecule has 1 aliphatic rings. The van der Waals surface area contributed by atoms with Gasteiger partial charge in [0.15, 0.2) is 0 Å². The van der Waals surface area contributed by atoms with Crippen LogP contribution in [0.1, 0.15) is 30.9 Å². The van der Waals surface area contributed by atoms with Crippen LogP contribution in [0.2, 0.25) is 0 Å². The molecule has 1 heterocycles. The number of nitriles is 2. The van der Waals surface area contributed by atoms with Crippen LogP contribution in [0.15, 0.2) is 18.2 Å². The van der Waals surface area contributed by atoms with Gasteiger partial charge in [-0.1, -0.05) is 13.0 Å². The summed E-state index contributed by atoms with van der Waals surface area (Å²) in [6.07, 6.45) is 2.40. The molecule has 3 heteroatoms. The van der Waals surface area contributed by atoms with Crippen LogP contribution >= 0.6 is 0 Å². The maximum absolute atomic E-state index is 9.20. The summed E-state index contributed by atoms with van der Waals surface area (Å²) in [6, 6.07) is 9.75. The first kappa shape index (κ1) is 11.5. The van der Waals surface area contributed by atoms with Crippen LogP contribution in [0.5, 0.6) is 0 Å². The molecule has 0 amide bonds. The molecule has 0 saturated carbocycles. The SMILES string of the molecule is CC1CCCN(c2cccc(C#N)c2C#N)C1. The maximum atomic E-state index is 9.20. The Morgan fingerprint density at radius 1 is 1.29 bits per heavy atom. The van der Waals surface area contributed by atoms with Gasteiger partial charge in [-0.2, -0.15) is 10.5 Å². The highest BCUT2D eigenvalue weighted by Crippen LogP contribution is 2.27. The minimum Gasteiger partial charge on any atom is -0.370 e. The molecule has 0 aliphatic carbocycles. The summed E-state index contributed by atoms with van der Waals surface area (Å²) in [5.41, 5.74) is 1.91. The number of piperidine rings is 1. The Hall–Kier alpha value is -2.00. The normalized spacial score (nSPS) is 19.5. The highest BCUT2D eigenvalue weighted by Gasteiger charge is 2.20. The fourth-order valence-corrected chi connectivity index (χ4v) is 2.42. The van der Waals surface area contributed by atoms with E-state index in [0.717, 1.165) is 25.2 Å². The van der Waals surface area contributed by atoms with Crippen molar-refractivity contribution in [2.45, 2.75) is 19.8 Å². The van der Waals surface area contributed by atoms with E-state index in [4.69, 9.17) is 5.26 Å². The third-order valence-electron chi connectivity index (χ3n) is 3.27. The second-order valence-electron chi connectivity index (χ2n) is 4.62. The van der Waals surface area contributed by atoms with E-state index in [9.17, 15) is 5.26 Å². The smallest absolute Gasteiger partial charge is 0.103 e. The summed E-state index contributed by atoms with van der Waals surface area (Å²) in [7, 11) is 0. The molecule has 1 unspecified atom stereocenters. The minimum atomic E-state index is 0.475. The van der Waals surface area contributed by atoms with Crippen molar-refractivity contribution in [2.75, 3.05) is 18.0 Å². The third-order valence-corrected chi connectivity index (χ3v) is 3.27. The zero-order chi connectivity index (χ0) is 12.3. The highest BCUT2D eigenvalue weighted by atomic mass is 15.1. The van der Waals surface area contributed by atoms with Crippen molar-refractivity contribution >= 4 is 5.69 Å². The van der Waals surface area contributed by atoms with Gasteiger partial charge in [0.25, 0.3) is 0 Å². The van der Waals surface area contributed by atoms with Crippen LogP contribution in [0, 0.1) is 28.6 Å². The second kappa shape index (κ2) is 4.89. The van der Waals surface area contributed by atoms with Gasteiger partial charge >= 0.3 is 0 Å². The molecule has 0 bridgehead atoms. The Bertz CT molecular complexity index is 493. The van der Waals surface area contributed by atoms with E-state index < -0.39 is 0 Å². The van der Waals surface area contributed by atoms with Crippen LogP contribution in [-0.2, 0) is 0 Å². The zero-order valence-electron chi connectivity index (χ0n) is 9.98. The summed E-state index contributed by atoms with van der Waals surface area (Å²) in [5, 5.41) is 18.2. The van der Waals surface area contributed by atoms with E-state index in [2.05, 4.69) is 24.0 Å². The number of nitrogens with zero attached hydrogens (tertiary/aromatic N) is 3. The van der Waals surface area contributed by atoms with Crippen molar-refractivity contribution in [1.82, 2.24) is 0 Å². The average molecular weight is 225 g/mol. The molecule has 1 saturated heterocycles. The number of rotatable bonds is 1. The second-order valence-corrected chi connectivity index (χ2v) is 4.62. The van der Waals surface area contributed by atoms with Crippen LogP contribution in [0.25, 0.3) is 0 Å². The topological polar surface area (TPSA) is 50.8 Å². The molecule has 1 aromatic rings. The van der Waals surface area contributed by atoms with Gasteiger partial charge in [-0.3, -0.25) is 0 Å². The zero-order valence-corrected chi connectivity index (χ0v) is 9.98. The molecule has 3 nitrogen and oxygen atoms in total. The van der Waals surface area contributed by atoms with Crippen molar-refractivity contribution in [3.05, 3.63) is 29.3 Å². The Morgan fingerprint density at radius 2 is 2.12 bits per heavy atom. The molecule has 1 aliphatic heterocycles. The van der Waals surface area contributed by atoms with Crippen molar-refractivity contribution < 1.29 is 0 Å². The number of anilines is 1. The van der Waals surface area contributed by atoms with Crippen molar-refractivity contribution in [1.29, 1.82) is 10.5 Å². The van der Waals surface area contributed by atoms with E-state index in [0.29, 0.717) is 17.0 Å². The van der Waals surface area contributed by atoms with Gasteiger partial charge in [-0.05, 0) is 30.9 Å². The van der Waals surface area contributed by atoms with Crippen molar-refractivity contribution in [2.24, 2.45) is 5.92 Å². The molecular weight excluding hydrogens is 210 g/mol. The average Bonchev–Trinajstić information content (AvgIpc) is 2.37. The Kier molecular flexibility index (Phi) is 3.30. The van der Waals surface area contributed by atoms with E-state index in [1.807, 2.05) is 12.1 Å². The Morgan fingerprint density at radius 3 is 2.76 bits per heavy atom. The lowest BCUT2D eigenvalue weighted by Crippen LogP contribution is -2.34. The summed E-state index contributed by atoms with van der Waals surface area (Å²) in [4.78, 5) is 2.23. The van der Waals surface area contributed by atoms with Crippen LogP contribution < -0.4 is 4.90 Å². The van der Waals surface area contributed by atoms with Gasteiger partial charge in [0.2, 0.25) is 0 Å². The molecule has 2 rings (SSSR count). The molecule has 86 valence electrons. The van der Waals surface area contributed by atoms with Gasteiger partial charge in [0.05, 0.1) is 16.8 Å². The van der Waals surface area contributed by atoms with E-state index in [1.165, 1.54) is 6.42 Å². The Balaban J connectivity index is 2.39. The largest absolute Gasteiger partial charge is 0.370 e. The lowest BCUT2D eigenvalue weighted by atomic mass is 9.98. The summed E-state index contributed by atoms with van der Waals surface area (Å²) < 4.78 is 0. The van der Waals surface area contributed by atoms with Gasteiger partial charge in [0.1, 0.15) is 12.1 Å². The first-order chi connectivity index (χ1) is 8.26. The summed E-state index contributed by atoms with van der Waals surface area (Å²) in [5.74, 6) is 0.654. The fourth-order valence-electron chi connectivity index (χ4n) is 2.42. The summed E-state index contributed by atoms with van der Waals surface area (Å²) in [6.45, 7) is 4.18. The number of benzene rings is 1. The molecule has 1 aromatic carbocycles. The lowest BCUT2D eigenvalue weighted by molar-refractivity contribution is 0.446. The lowest BCUT2D eigenvalue weighted by Gasteiger charge is -2.33. The molecule has 0 N–H and O–H groups in total. The van der Waals surface area contributed by atoms with E-state index in [1.54, 1.807) is 6.07 Å². The van der Waals surface area contributed by atoms with E-state index in [-0.39, 0.29) is 0 Å². The quantitative estimate of drug-likeness (QED) is 0.738. The monoisotopic (exact) mass is 225 g/mol. The van der Waals surface area contributed by atoms with Crippen molar-refractivity contribution in [3.8, 4) is 12.1 Å². The van der Waals surface area contributed by atoms with Crippen LogP contribution in [0.4, 0.5) is 5.69 Å². The van der Waals surface area contributed by atoms with Crippen LogP contribution in [-0.4, -0.2) is 13.1 Å². The van der Waals surface area contributed by atoms with E-state index >= 15 is 0 Å². The first-order valence-corrected chi connectivity index (χ1v) is 5.94. The van der Waals surface area contributed by atoms with Crippen LogP contribution in [0.3, 0.4) is 0 Å². The highest BCUT2D eigenvalue weighted by molar-refractivity contribution is 5.65. The van der Waals surface area contributed by atoms with Gasteiger partial charge < -0.3 is 4.90 Å². The van der Waals surface area contributed by atoms with Gasteiger partial charge in [-0.25, -0.2) is 0 Å². The molecule has 0 aromatic heterocycles. The summed E-state index contributed by atoms with van der Waals surface area (Å²) >= 11 is 0. The Labute approximate surface area is 102 Å². The molecular formula is C14H15N3. The predicted octanol–water partition coefficient (Wildman–Crippen LogP) is 2.67. The molecule has 0 spiro atoms. The molecule has 0 radical (unpaired) electrons. The number of hydrogen-bond acceptors (Lipinski definition) is 3. The van der Waals surface area contributed by atoms with Crippen molar-refractivity contribution in [3.63, 3.8) is 0 Å². The van der Waals surface area contributed by atoms with Gasteiger partial charge in [-0.15, -0.1) is 0 Å². The standard InChI is InChI=1S/C14H15N3/c1-11-4-3-7-17(10-11)14-6-2-5-12(8-15)13(14)9-16/h2,5-6,11H,3-4,7,10H2,1H3. The molecule has 17 heavy (non-hydrogen) atoms. The first-order valence-electron chi connectivity index (χ1n) is 5.94. The maximum Gasteiger partial charge on any atom is 0.103 e.